The van der Waals surface area contributed by atoms with Gasteiger partial charge >= 0.3 is 31.1 Å². The molecule has 2 saturated heterocycles. The highest BCUT2D eigenvalue weighted by Crippen LogP contribution is 2.42. The smallest absolute Gasteiger partial charge is 0.407 e. The first-order valence-electron chi connectivity index (χ1n) is 24.7. The molecule has 2 aromatic carbocycles. The molecular formula is C52H62F10N10O8. The minimum atomic E-state index is -5.23. The third-order valence-corrected chi connectivity index (χ3v) is 13.6. The number of ether oxygens (including phenoxy) is 3. The van der Waals surface area contributed by atoms with E-state index in [0.717, 1.165) is 71.9 Å². The van der Waals surface area contributed by atoms with Crippen molar-refractivity contribution in [3.05, 3.63) is 100 Å². The molecule has 3 aromatic rings. The Labute approximate surface area is 454 Å². The monoisotopic (exact) mass is 1140 g/mol. The molecule has 0 spiro atoms. The number of benzene rings is 2. The lowest BCUT2D eigenvalue weighted by Gasteiger charge is -2.38. The summed E-state index contributed by atoms with van der Waals surface area (Å²) < 4.78 is 159. The van der Waals surface area contributed by atoms with Gasteiger partial charge in [0.25, 0.3) is 5.91 Å². The van der Waals surface area contributed by atoms with Gasteiger partial charge in [0.05, 0.1) is 43.8 Å². The number of carbonyl (C=O) groups excluding carboxylic acids is 4. The lowest BCUT2D eigenvalue weighted by atomic mass is 9.82. The summed E-state index contributed by atoms with van der Waals surface area (Å²) in [6, 6.07) is 4.53. The number of alkyl carbamates (subject to hydrolysis) is 2. The van der Waals surface area contributed by atoms with E-state index in [2.05, 4.69) is 46.4 Å². The van der Waals surface area contributed by atoms with Crippen molar-refractivity contribution in [2.24, 2.45) is 21.6 Å². The van der Waals surface area contributed by atoms with E-state index in [1.807, 2.05) is 16.8 Å². The molecule has 2 aliphatic heterocycles. The number of anilines is 1. The number of nitrogens with one attached hydrogen (secondary N) is 4. The lowest BCUT2D eigenvalue weighted by molar-refractivity contribution is -0.221. The van der Waals surface area contributed by atoms with Crippen molar-refractivity contribution < 1.29 is 82.4 Å². The van der Waals surface area contributed by atoms with Crippen LogP contribution in [0.5, 0.6) is 0 Å². The number of nitrogens with two attached hydrogens (primary N) is 1. The molecule has 0 unspecified atom stereocenters. The Kier molecular flexibility index (Phi) is 21.7. The van der Waals surface area contributed by atoms with Crippen LogP contribution in [-0.4, -0.2) is 160 Å². The Morgan fingerprint density at radius 3 is 1.90 bits per heavy atom. The molecule has 2 aliphatic rings. The average molecular weight is 1150 g/mol. The number of hydrogen-bond donors (Lipinski definition) is 6. The van der Waals surface area contributed by atoms with E-state index in [0.29, 0.717) is 68.2 Å². The van der Waals surface area contributed by atoms with Crippen molar-refractivity contribution in [3.8, 4) is 11.8 Å². The van der Waals surface area contributed by atoms with Gasteiger partial charge in [-0.25, -0.2) is 33.4 Å². The fourth-order valence-corrected chi connectivity index (χ4v) is 8.39. The maximum absolute atomic E-state index is 15.9. The molecule has 28 heteroatoms. The van der Waals surface area contributed by atoms with Crippen molar-refractivity contribution in [2.45, 2.75) is 96.3 Å². The highest BCUT2D eigenvalue weighted by Gasteiger charge is 2.57. The van der Waals surface area contributed by atoms with Crippen LogP contribution in [0.1, 0.15) is 61.9 Å². The predicted molar refractivity (Wildman–Crippen MR) is 271 cm³/mol. The van der Waals surface area contributed by atoms with Gasteiger partial charge in [0.2, 0.25) is 5.91 Å². The number of pyridine rings is 1. The SMILES string of the molecule is COC(=O)N[C@H](C(=O)N[C@@H](Cc1ccc(C#Cc2ccc(N3CCN([C@H]4CCOC4)CC3)nc2)cc1)[C@@H](O)CN(Cc1c(F)cc(C(N)=CC=NC(F)F)cc1F)NC(=O)[C@@H](NC(=O)OC)C(C)(C)C(F)(F)F)C(C)(C)C(F)(F)F. The summed E-state index contributed by atoms with van der Waals surface area (Å²) in [6.45, 7) is 1.58. The number of halogens is 10. The number of aliphatic imine (C=N–C) groups is 1. The Morgan fingerprint density at radius 2 is 1.40 bits per heavy atom. The number of alkyl halides is 8. The Hall–Kier alpha value is -7.22. The second kappa shape index (κ2) is 27.3. The molecule has 3 heterocycles. The molecule has 0 bridgehead atoms. The number of aromatic nitrogens is 1. The molecule has 0 saturated carbocycles. The fraction of sp³-hybridized carbons (Fsp3) is 0.500. The molecule has 5 rings (SSSR count). The first-order valence-corrected chi connectivity index (χ1v) is 24.7. The third kappa shape index (κ3) is 16.9. The van der Waals surface area contributed by atoms with Crippen LogP contribution in [0.3, 0.4) is 0 Å². The van der Waals surface area contributed by atoms with Gasteiger partial charge in [-0.2, -0.15) is 35.1 Å². The van der Waals surface area contributed by atoms with Crippen LogP contribution in [0.15, 0.2) is 65.8 Å². The maximum Gasteiger partial charge on any atom is 0.407 e. The first kappa shape index (κ1) is 63.6. The molecule has 0 radical (unpaired) electrons. The molecule has 7 N–H and O–H groups in total. The van der Waals surface area contributed by atoms with Crippen LogP contribution >= 0.6 is 0 Å². The van der Waals surface area contributed by atoms with Crippen LogP contribution in [-0.2, 0) is 36.8 Å². The quantitative estimate of drug-likeness (QED) is 0.0259. The number of nitrogens with zero attached hydrogens (tertiary/aromatic N) is 5. The minimum Gasteiger partial charge on any atom is -0.453 e. The van der Waals surface area contributed by atoms with Crippen molar-refractivity contribution >= 4 is 41.7 Å². The molecule has 438 valence electrons. The van der Waals surface area contributed by atoms with Gasteiger partial charge in [-0.15, -0.1) is 0 Å². The molecule has 2 fully saturated rings. The number of piperazine rings is 1. The molecule has 80 heavy (non-hydrogen) atoms. The standard InChI is InChI=1S/C52H62F10N10O8/c1-49(2,51(57,58)59)42(67-47(76)78-5)44(74)66-39(23-31-10-7-30(8-11-31)9-12-32-13-14-41(65-26-32)71-20-18-70(19-21-71)34-16-22-80-29-34)40(73)28-72(69-45(75)43(68-48(77)79-6)50(3,4)52(60,61)62)27-35-36(53)24-33(25-37(35)54)38(63)15-17-64-46(55)56/h7-8,10-11,13-15,17,24-26,34,39-40,42-43,46,73H,16,18-23,27-29,63H2,1-6H3,(H,66,74)(H,67,76)(H,68,77)(H,69,75)/t34-,39-,40-,42+,43+/m0/s1. The van der Waals surface area contributed by atoms with E-state index in [4.69, 9.17) is 10.5 Å². The molecule has 18 nitrogen and oxygen atoms in total. The predicted octanol–water partition coefficient (Wildman–Crippen LogP) is 5.81. The Morgan fingerprint density at radius 1 is 0.850 bits per heavy atom. The Bertz CT molecular complexity index is 2720. The summed E-state index contributed by atoms with van der Waals surface area (Å²) in [6.07, 6.45) is -12.1. The van der Waals surface area contributed by atoms with Gasteiger partial charge in [-0.1, -0.05) is 24.0 Å². The summed E-state index contributed by atoms with van der Waals surface area (Å²) in [5.41, 5.74) is 1.12. The van der Waals surface area contributed by atoms with Crippen LogP contribution in [0.4, 0.5) is 59.3 Å². The highest BCUT2D eigenvalue weighted by atomic mass is 19.4. The van der Waals surface area contributed by atoms with Gasteiger partial charge in [0, 0.05) is 92.3 Å². The number of hydrazine groups is 1. The van der Waals surface area contributed by atoms with E-state index in [1.165, 1.54) is 24.3 Å². The van der Waals surface area contributed by atoms with E-state index in [1.54, 1.807) is 17.6 Å². The summed E-state index contributed by atoms with van der Waals surface area (Å²) in [5.74, 6) is 0.650. The van der Waals surface area contributed by atoms with E-state index in [9.17, 15) is 59.4 Å². The normalized spacial score (nSPS) is 17.3. The van der Waals surface area contributed by atoms with E-state index in [-0.39, 0.29) is 5.56 Å². The zero-order valence-electron chi connectivity index (χ0n) is 44.3. The topological polar surface area (TPSA) is 225 Å². The van der Waals surface area contributed by atoms with Crippen LogP contribution in [0.2, 0.25) is 0 Å². The lowest BCUT2D eigenvalue weighted by Crippen LogP contribution is -2.63. The summed E-state index contributed by atoms with van der Waals surface area (Å²) in [4.78, 5) is 64.7. The van der Waals surface area contributed by atoms with Crippen molar-refractivity contribution in [3.63, 3.8) is 0 Å². The second-order valence-electron chi connectivity index (χ2n) is 19.8. The average Bonchev–Trinajstić information content (AvgIpc) is 4.03. The van der Waals surface area contributed by atoms with Gasteiger partial charge in [0.15, 0.2) is 0 Å². The van der Waals surface area contributed by atoms with Crippen LogP contribution in [0, 0.1) is 34.3 Å². The summed E-state index contributed by atoms with van der Waals surface area (Å²) in [7, 11) is 1.59. The summed E-state index contributed by atoms with van der Waals surface area (Å²) in [5, 5.41) is 18.4. The summed E-state index contributed by atoms with van der Waals surface area (Å²) >= 11 is 0. The second-order valence-corrected chi connectivity index (χ2v) is 19.8. The van der Waals surface area contributed by atoms with Crippen molar-refractivity contribution in [1.29, 1.82) is 0 Å². The number of hydrogen-bond acceptors (Lipinski definition) is 14. The zero-order chi connectivity index (χ0) is 59.3. The van der Waals surface area contributed by atoms with Crippen molar-refractivity contribution in [1.82, 2.24) is 36.3 Å². The number of allylic oxidation sites excluding steroid dienone is 1. The van der Waals surface area contributed by atoms with Gasteiger partial charge < -0.3 is 45.9 Å². The maximum atomic E-state index is 15.9. The van der Waals surface area contributed by atoms with Crippen LogP contribution < -0.4 is 32.0 Å². The van der Waals surface area contributed by atoms with Gasteiger partial charge in [0.1, 0.15) is 29.5 Å². The highest BCUT2D eigenvalue weighted by molar-refractivity contribution is 5.87. The minimum absolute atomic E-state index is 0.265. The number of rotatable bonds is 20. The van der Waals surface area contributed by atoms with E-state index >= 15 is 8.78 Å². The third-order valence-electron chi connectivity index (χ3n) is 13.6. The first-order chi connectivity index (χ1) is 37.4. The van der Waals surface area contributed by atoms with Crippen molar-refractivity contribution in [2.75, 3.05) is 65.1 Å². The number of aliphatic hydroxyl groups is 1. The molecule has 1 aromatic heterocycles. The van der Waals surface area contributed by atoms with E-state index < -0.39 is 126 Å². The van der Waals surface area contributed by atoms with Gasteiger partial charge in [-0.05, 0) is 88.6 Å². The number of amides is 4. The molecule has 5 atom stereocenters. The van der Waals surface area contributed by atoms with Crippen LogP contribution in [0.25, 0.3) is 5.70 Å². The number of methoxy groups -OCH3 is 2. The Balaban J connectivity index is 1.49. The number of carbonyl (C=O) groups is 4. The zero-order valence-corrected chi connectivity index (χ0v) is 44.3. The molecule has 0 aliphatic carbocycles. The number of aliphatic hydroxyl groups excluding tert-OH is 1. The molecule has 4 amide bonds. The molecular weight excluding hydrogens is 1080 g/mol. The fourth-order valence-electron chi connectivity index (χ4n) is 8.39. The van der Waals surface area contributed by atoms with Gasteiger partial charge in [-0.3, -0.25) is 19.9 Å². The largest absolute Gasteiger partial charge is 0.453 e.